The van der Waals surface area contributed by atoms with Crippen molar-refractivity contribution in [1.29, 1.82) is 0 Å². The van der Waals surface area contributed by atoms with Crippen molar-refractivity contribution in [2.75, 3.05) is 0 Å². The Morgan fingerprint density at radius 3 is 2.44 bits per heavy atom. The topological polar surface area (TPSA) is 38.9 Å². The molecule has 3 heteroatoms. The van der Waals surface area contributed by atoms with E-state index >= 15 is 0 Å². The molecule has 1 aliphatic rings. The van der Waals surface area contributed by atoms with E-state index in [1.807, 2.05) is 11.3 Å². The van der Waals surface area contributed by atoms with Crippen molar-refractivity contribution >= 4 is 11.3 Å². The van der Waals surface area contributed by atoms with E-state index in [-0.39, 0.29) is 5.54 Å². The van der Waals surface area contributed by atoms with Gasteiger partial charge in [-0.3, -0.25) is 0 Å². The summed E-state index contributed by atoms with van der Waals surface area (Å²) in [5, 5.41) is 1.18. The molecule has 0 aliphatic heterocycles. The highest BCUT2D eigenvalue weighted by atomic mass is 32.1. The third kappa shape index (κ3) is 2.62. The number of rotatable bonds is 3. The Morgan fingerprint density at radius 1 is 1.39 bits per heavy atom. The molecule has 1 aromatic rings. The molecule has 18 heavy (non-hydrogen) atoms. The Morgan fingerprint density at radius 2 is 2.00 bits per heavy atom. The molecule has 2 nitrogen and oxygen atoms in total. The monoisotopic (exact) mass is 266 g/mol. The molecule has 0 amide bonds. The summed E-state index contributed by atoms with van der Waals surface area (Å²) in [6.07, 6.45) is 6.04. The van der Waals surface area contributed by atoms with Gasteiger partial charge in [0, 0.05) is 4.88 Å². The largest absolute Gasteiger partial charge is 0.319 e. The Bertz CT molecular complexity index is 401. The van der Waals surface area contributed by atoms with Crippen LogP contribution in [0.1, 0.15) is 74.4 Å². The number of aryl methyl sites for hydroxylation is 1. The minimum absolute atomic E-state index is 0.145. The van der Waals surface area contributed by atoms with Crippen LogP contribution >= 0.6 is 11.3 Å². The smallest absolute Gasteiger partial charge is 0.113 e. The van der Waals surface area contributed by atoms with E-state index in [4.69, 9.17) is 10.7 Å². The molecule has 2 N–H and O–H groups in total. The maximum Gasteiger partial charge on any atom is 0.113 e. The molecule has 1 fully saturated rings. The first-order valence-corrected chi connectivity index (χ1v) is 8.04. The molecule has 1 saturated carbocycles. The van der Waals surface area contributed by atoms with Crippen LogP contribution in [0.25, 0.3) is 0 Å². The summed E-state index contributed by atoms with van der Waals surface area (Å²) in [6, 6.07) is 0. The molecule has 0 atom stereocenters. The van der Waals surface area contributed by atoms with Crippen LogP contribution in [0.4, 0.5) is 0 Å². The lowest BCUT2D eigenvalue weighted by Crippen LogP contribution is -2.40. The zero-order chi connectivity index (χ0) is 13.3. The van der Waals surface area contributed by atoms with Crippen LogP contribution in [0, 0.1) is 12.8 Å². The second kappa shape index (κ2) is 5.30. The first-order valence-electron chi connectivity index (χ1n) is 7.23. The minimum atomic E-state index is -0.145. The van der Waals surface area contributed by atoms with Gasteiger partial charge in [-0.15, -0.1) is 11.3 Å². The fourth-order valence-corrected chi connectivity index (χ4v) is 4.20. The molecular formula is C15H26N2S. The summed E-state index contributed by atoms with van der Waals surface area (Å²) < 4.78 is 0. The molecule has 1 aromatic heterocycles. The van der Waals surface area contributed by atoms with E-state index < -0.39 is 0 Å². The summed E-state index contributed by atoms with van der Waals surface area (Å²) in [5.74, 6) is 1.39. The Balaban J connectivity index is 2.18. The summed E-state index contributed by atoms with van der Waals surface area (Å²) in [5.41, 5.74) is 7.73. The fourth-order valence-electron chi connectivity index (χ4n) is 2.97. The van der Waals surface area contributed by atoms with Gasteiger partial charge in [0.15, 0.2) is 0 Å². The Hall–Kier alpha value is -0.410. The van der Waals surface area contributed by atoms with Gasteiger partial charge in [0.25, 0.3) is 0 Å². The van der Waals surface area contributed by atoms with Gasteiger partial charge in [0.2, 0.25) is 0 Å². The summed E-state index contributed by atoms with van der Waals surface area (Å²) in [7, 11) is 0. The van der Waals surface area contributed by atoms with Gasteiger partial charge in [-0.05, 0) is 44.4 Å². The standard InChI is InChI=1S/C15H26N2S/c1-5-12-6-8-15(16,9-7-12)14-17-13(10(2)3)11(4)18-14/h10,12H,5-9,16H2,1-4H3. The first-order chi connectivity index (χ1) is 8.46. The van der Waals surface area contributed by atoms with E-state index in [1.165, 1.54) is 34.8 Å². The van der Waals surface area contributed by atoms with Crippen LogP contribution in [0.3, 0.4) is 0 Å². The van der Waals surface area contributed by atoms with Crippen LogP contribution in [0.5, 0.6) is 0 Å². The predicted octanol–water partition coefficient (Wildman–Crippen LogP) is 4.33. The van der Waals surface area contributed by atoms with Crippen molar-refractivity contribution in [3.63, 3.8) is 0 Å². The fraction of sp³-hybridized carbons (Fsp3) is 0.800. The normalized spacial score (nSPS) is 28.9. The molecule has 1 heterocycles. The van der Waals surface area contributed by atoms with Crippen molar-refractivity contribution in [2.24, 2.45) is 11.7 Å². The van der Waals surface area contributed by atoms with E-state index in [0.717, 1.165) is 18.8 Å². The van der Waals surface area contributed by atoms with Gasteiger partial charge >= 0.3 is 0 Å². The third-order valence-electron chi connectivity index (χ3n) is 4.38. The van der Waals surface area contributed by atoms with Crippen LogP contribution in [-0.2, 0) is 5.54 Å². The van der Waals surface area contributed by atoms with Gasteiger partial charge in [-0.2, -0.15) is 0 Å². The average Bonchev–Trinajstić information content (AvgIpc) is 2.73. The summed E-state index contributed by atoms with van der Waals surface area (Å²) in [6.45, 7) is 8.89. The number of hydrogen-bond donors (Lipinski definition) is 1. The number of aromatic nitrogens is 1. The van der Waals surface area contributed by atoms with Gasteiger partial charge < -0.3 is 5.73 Å². The molecule has 102 valence electrons. The molecule has 0 saturated heterocycles. The van der Waals surface area contributed by atoms with Crippen molar-refractivity contribution in [3.8, 4) is 0 Å². The Labute approximate surface area is 115 Å². The molecule has 0 unspecified atom stereocenters. The van der Waals surface area contributed by atoms with Gasteiger partial charge in [0.1, 0.15) is 5.01 Å². The maximum absolute atomic E-state index is 6.63. The van der Waals surface area contributed by atoms with Gasteiger partial charge in [-0.25, -0.2) is 4.98 Å². The average molecular weight is 266 g/mol. The van der Waals surface area contributed by atoms with Crippen LogP contribution in [-0.4, -0.2) is 4.98 Å². The third-order valence-corrected chi connectivity index (χ3v) is 5.59. The quantitative estimate of drug-likeness (QED) is 0.884. The second-order valence-corrected chi connectivity index (χ2v) is 7.33. The number of hydrogen-bond acceptors (Lipinski definition) is 3. The molecule has 0 spiro atoms. The first kappa shape index (κ1) is 14.0. The SMILES string of the molecule is CCC1CCC(N)(c2nc(C(C)C)c(C)s2)CC1. The number of thiazole rings is 1. The molecule has 0 aromatic carbocycles. The van der Waals surface area contributed by atoms with E-state index in [1.54, 1.807) is 0 Å². The second-order valence-electron chi connectivity index (χ2n) is 6.12. The van der Waals surface area contributed by atoms with Crippen molar-refractivity contribution in [1.82, 2.24) is 4.98 Å². The van der Waals surface area contributed by atoms with E-state index in [2.05, 4.69) is 27.7 Å². The van der Waals surface area contributed by atoms with E-state index in [0.29, 0.717) is 5.92 Å². The zero-order valence-corrected chi connectivity index (χ0v) is 12.9. The number of nitrogens with zero attached hydrogens (tertiary/aromatic N) is 1. The Kier molecular flexibility index (Phi) is 4.12. The zero-order valence-electron chi connectivity index (χ0n) is 12.1. The highest BCUT2D eigenvalue weighted by Gasteiger charge is 2.35. The lowest BCUT2D eigenvalue weighted by atomic mass is 9.76. The van der Waals surface area contributed by atoms with Crippen LogP contribution in [0.2, 0.25) is 0 Å². The molecule has 1 aliphatic carbocycles. The van der Waals surface area contributed by atoms with E-state index in [9.17, 15) is 0 Å². The highest BCUT2D eigenvalue weighted by molar-refractivity contribution is 7.11. The molecular weight excluding hydrogens is 240 g/mol. The van der Waals surface area contributed by atoms with Crippen LogP contribution in [0.15, 0.2) is 0 Å². The van der Waals surface area contributed by atoms with Gasteiger partial charge in [-0.1, -0.05) is 27.2 Å². The molecule has 0 bridgehead atoms. The predicted molar refractivity (Wildman–Crippen MR) is 79.1 cm³/mol. The lowest BCUT2D eigenvalue weighted by Gasteiger charge is -2.35. The summed E-state index contributed by atoms with van der Waals surface area (Å²) >= 11 is 1.82. The van der Waals surface area contributed by atoms with Crippen LogP contribution < -0.4 is 5.73 Å². The van der Waals surface area contributed by atoms with Crippen molar-refractivity contribution in [2.45, 2.75) is 71.3 Å². The minimum Gasteiger partial charge on any atom is -0.319 e. The highest BCUT2D eigenvalue weighted by Crippen LogP contribution is 2.41. The maximum atomic E-state index is 6.63. The lowest BCUT2D eigenvalue weighted by molar-refractivity contribution is 0.231. The van der Waals surface area contributed by atoms with Crippen molar-refractivity contribution < 1.29 is 0 Å². The van der Waals surface area contributed by atoms with Crippen molar-refractivity contribution in [3.05, 3.63) is 15.6 Å². The van der Waals surface area contributed by atoms with Gasteiger partial charge in [0.05, 0.1) is 11.2 Å². The molecule has 2 rings (SSSR count). The number of nitrogens with two attached hydrogens (primary N) is 1. The molecule has 0 radical (unpaired) electrons. The summed E-state index contributed by atoms with van der Waals surface area (Å²) in [4.78, 5) is 6.20.